The van der Waals surface area contributed by atoms with Crippen LogP contribution in [-0.2, 0) is 4.79 Å². The van der Waals surface area contributed by atoms with E-state index in [9.17, 15) is 4.79 Å². The van der Waals surface area contributed by atoms with Gasteiger partial charge in [0.2, 0.25) is 0 Å². The van der Waals surface area contributed by atoms with Gasteiger partial charge in [-0.2, -0.15) is 0 Å². The number of carboxylic acid groups (broad SMARTS) is 1. The number of rotatable bonds is 1. The summed E-state index contributed by atoms with van der Waals surface area (Å²) in [5.74, 6) is -0.701. The third-order valence-electron chi connectivity index (χ3n) is 2.72. The molecular weight excluding hydrogens is 130 g/mol. The van der Waals surface area contributed by atoms with Crippen molar-refractivity contribution in [3.05, 3.63) is 0 Å². The van der Waals surface area contributed by atoms with Crippen molar-refractivity contribution in [2.45, 2.75) is 31.8 Å². The molecule has 2 fully saturated rings. The molecule has 0 bridgehead atoms. The van der Waals surface area contributed by atoms with Gasteiger partial charge in [0.1, 0.15) is 6.04 Å². The summed E-state index contributed by atoms with van der Waals surface area (Å²) in [6.45, 7) is 2.15. The van der Waals surface area contributed by atoms with Gasteiger partial charge in [-0.3, -0.25) is 4.79 Å². The van der Waals surface area contributed by atoms with Crippen LogP contribution in [-0.4, -0.2) is 23.2 Å². The maximum Gasteiger partial charge on any atom is 0.320 e. The molecule has 3 nitrogen and oxygen atoms in total. The van der Waals surface area contributed by atoms with Crippen LogP contribution in [0, 0.1) is 5.41 Å². The molecule has 1 aliphatic heterocycles. The van der Waals surface area contributed by atoms with Gasteiger partial charge in [-0.1, -0.05) is 6.92 Å². The molecule has 1 saturated carbocycles. The highest BCUT2D eigenvalue weighted by atomic mass is 16.4. The smallest absolute Gasteiger partial charge is 0.320 e. The first kappa shape index (κ1) is 6.16. The van der Waals surface area contributed by atoms with Gasteiger partial charge in [-0.15, -0.1) is 0 Å². The summed E-state index contributed by atoms with van der Waals surface area (Å²) in [5.41, 5.74) is 0.322. The van der Waals surface area contributed by atoms with E-state index in [0.29, 0.717) is 11.5 Å². The average Bonchev–Trinajstić information content (AvgIpc) is 2.32. The Hall–Kier alpha value is -0.570. The van der Waals surface area contributed by atoms with Crippen LogP contribution < -0.4 is 5.32 Å². The number of carbonyl (C=O) groups is 1. The molecule has 2 aliphatic rings. The molecule has 0 aromatic rings. The van der Waals surface area contributed by atoms with Crippen LogP contribution in [0.1, 0.15) is 19.8 Å². The Bertz CT molecular complexity index is 192. The van der Waals surface area contributed by atoms with Gasteiger partial charge < -0.3 is 10.4 Å². The van der Waals surface area contributed by atoms with E-state index in [2.05, 4.69) is 12.2 Å². The van der Waals surface area contributed by atoms with Crippen molar-refractivity contribution >= 4 is 5.97 Å². The maximum atomic E-state index is 10.4. The SMILES string of the molecule is C[C@]12C[C@@H](C(=O)O)N[C@H]1C2. The summed E-state index contributed by atoms with van der Waals surface area (Å²) in [7, 11) is 0. The zero-order valence-corrected chi connectivity index (χ0v) is 5.92. The lowest BCUT2D eigenvalue weighted by molar-refractivity contribution is -0.139. The largest absolute Gasteiger partial charge is 0.480 e. The lowest BCUT2D eigenvalue weighted by Crippen LogP contribution is -2.33. The van der Waals surface area contributed by atoms with Crippen molar-refractivity contribution in [3.63, 3.8) is 0 Å². The first-order valence-electron chi connectivity index (χ1n) is 3.61. The molecule has 3 atom stereocenters. The number of hydrogen-bond acceptors (Lipinski definition) is 2. The second-order valence-electron chi connectivity index (χ2n) is 3.67. The van der Waals surface area contributed by atoms with E-state index in [4.69, 9.17) is 5.11 Å². The van der Waals surface area contributed by atoms with Gasteiger partial charge in [-0.05, 0) is 18.3 Å². The minimum atomic E-state index is -0.701. The maximum absolute atomic E-state index is 10.4. The fraction of sp³-hybridized carbons (Fsp3) is 0.857. The Kier molecular flexibility index (Phi) is 0.944. The average molecular weight is 141 g/mol. The number of nitrogens with one attached hydrogen (secondary N) is 1. The van der Waals surface area contributed by atoms with Gasteiger partial charge in [0.05, 0.1) is 0 Å². The van der Waals surface area contributed by atoms with Crippen molar-refractivity contribution in [3.8, 4) is 0 Å². The Morgan fingerprint density at radius 1 is 1.70 bits per heavy atom. The minimum Gasteiger partial charge on any atom is -0.480 e. The molecular formula is C7H11NO2. The molecule has 0 aromatic heterocycles. The fourth-order valence-corrected chi connectivity index (χ4v) is 1.82. The first-order chi connectivity index (χ1) is 4.62. The molecule has 0 aromatic carbocycles. The van der Waals surface area contributed by atoms with E-state index >= 15 is 0 Å². The highest BCUT2D eigenvalue weighted by Gasteiger charge is 2.58. The zero-order chi connectivity index (χ0) is 7.35. The quantitative estimate of drug-likeness (QED) is 0.549. The normalized spacial score (nSPS) is 50.5. The zero-order valence-electron chi connectivity index (χ0n) is 5.92. The standard InChI is InChI=1S/C7H11NO2/c1-7-2-4(6(9)10)8-5(7)3-7/h4-5,8H,2-3H2,1H3,(H,9,10)/t4-,5-,7+/m0/s1. The van der Waals surface area contributed by atoms with Crippen molar-refractivity contribution in [2.75, 3.05) is 0 Å². The molecule has 10 heavy (non-hydrogen) atoms. The number of piperidine rings is 1. The lowest BCUT2D eigenvalue weighted by atomic mass is 10.0. The molecule has 0 unspecified atom stereocenters. The van der Waals surface area contributed by atoms with Crippen LogP contribution in [0.3, 0.4) is 0 Å². The Morgan fingerprint density at radius 2 is 2.40 bits per heavy atom. The van der Waals surface area contributed by atoms with Crippen LogP contribution in [0.25, 0.3) is 0 Å². The summed E-state index contributed by atoms with van der Waals surface area (Å²) in [5, 5.41) is 11.7. The van der Waals surface area contributed by atoms with E-state index in [1.54, 1.807) is 0 Å². The number of hydrogen-bond donors (Lipinski definition) is 2. The molecule has 1 saturated heterocycles. The van der Waals surface area contributed by atoms with Crippen LogP contribution in [0.5, 0.6) is 0 Å². The van der Waals surface area contributed by atoms with E-state index in [-0.39, 0.29) is 6.04 Å². The van der Waals surface area contributed by atoms with Gasteiger partial charge in [-0.25, -0.2) is 0 Å². The lowest BCUT2D eigenvalue weighted by Gasteiger charge is -2.07. The molecule has 2 rings (SSSR count). The van der Waals surface area contributed by atoms with Crippen LogP contribution >= 0.6 is 0 Å². The highest BCUT2D eigenvalue weighted by molar-refractivity contribution is 5.74. The van der Waals surface area contributed by atoms with Crippen molar-refractivity contribution in [2.24, 2.45) is 5.41 Å². The molecule has 1 aliphatic carbocycles. The van der Waals surface area contributed by atoms with Crippen LogP contribution in [0.4, 0.5) is 0 Å². The summed E-state index contributed by atoms with van der Waals surface area (Å²) in [6.07, 6.45) is 1.98. The predicted molar refractivity (Wildman–Crippen MR) is 35.7 cm³/mol. The second kappa shape index (κ2) is 1.53. The van der Waals surface area contributed by atoms with E-state index < -0.39 is 5.97 Å². The third-order valence-corrected chi connectivity index (χ3v) is 2.72. The monoisotopic (exact) mass is 141 g/mol. The number of carboxylic acids is 1. The van der Waals surface area contributed by atoms with Gasteiger partial charge in [0.15, 0.2) is 0 Å². The van der Waals surface area contributed by atoms with Gasteiger partial charge in [0.25, 0.3) is 0 Å². The topological polar surface area (TPSA) is 49.3 Å². The number of aliphatic carboxylic acids is 1. The Balaban J connectivity index is 2.04. The fourth-order valence-electron chi connectivity index (χ4n) is 1.82. The minimum absolute atomic E-state index is 0.274. The molecule has 56 valence electrons. The Labute approximate surface area is 59.4 Å². The highest BCUT2D eigenvalue weighted by Crippen LogP contribution is 2.53. The molecule has 1 heterocycles. The van der Waals surface area contributed by atoms with Crippen molar-refractivity contribution < 1.29 is 9.90 Å². The Morgan fingerprint density at radius 3 is 2.70 bits per heavy atom. The first-order valence-corrected chi connectivity index (χ1v) is 3.61. The molecule has 2 N–H and O–H groups in total. The number of fused-ring (bicyclic) bond motifs is 1. The van der Waals surface area contributed by atoms with Gasteiger partial charge >= 0.3 is 5.97 Å². The predicted octanol–water partition coefficient (Wildman–Crippen LogP) is 0.211. The third kappa shape index (κ3) is 0.669. The van der Waals surface area contributed by atoms with Crippen molar-refractivity contribution in [1.29, 1.82) is 0 Å². The summed E-state index contributed by atoms with van der Waals surface area (Å²) >= 11 is 0. The van der Waals surface area contributed by atoms with Crippen LogP contribution in [0.15, 0.2) is 0 Å². The molecule has 0 spiro atoms. The molecule has 3 heteroatoms. The van der Waals surface area contributed by atoms with E-state index in [1.807, 2.05) is 0 Å². The molecule has 0 radical (unpaired) electrons. The van der Waals surface area contributed by atoms with Gasteiger partial charge in [0, 0.05) is 6.04 Å². The molecule has 0 amide bonds. The van der Waals surface area contributed by atoms with E-state index in [0.717, 1.165) is 12.8 Å². The van der Waals surface area contributed by atoms with Crippen molar-refractivity contribution in [1.82, 2.24) is 5.32 Å². The summed E-state index contributed by atoms with van der Waals surface area (Å²) in [4.78, 5) is 10.4. The summed E-state index contributed by atoms with van der Waals surface area (Å²) in [6, 6.07) is 0.220. The van der Waals surface area contributed by atoms with E-state index in [1.165, 1.54) is 0 Å². The summed E-state index contributed by atoms with van der Waals surface area (Å²) < 4.78 is 0. The second-order valence-corrected chi connectivity index (χ2v) is 3.67. The van der Waals surface area contributed by atoms with Crippen LogP contribution in [0.2, 0.25) is 0 Å².